The highest BCUT2D eigenvalue weighted by atomic mass is 16.5. The molecule has 47 heavy (non-hydrogen) atoms. The van der Waals surface area contributed by atoms with Gasteiger partial charge in [0.25, 0.3) is 5.91 Å². The molecule has 3 aromatic carbocycles. The van der Waals surface area contributed by atoms with E-state index < -0.39 is 29.9 Å². The van der Waals surface area contributed by atoms with Crippen molar-refractivity contribution >= 4 is 17.8 Å². The van der Waals surface area contributed by atoms with Gasteiger partial charge in [0.1, 0.15) is 23.6 Å². The number of carbonyl (C=O) groups is 3. The molecular formula is C37H42N4O6. The molecule has 1 aromatic heterocycles. The molecule has 4 rings (SSSR count). The Labute approximate surface area is 275 Å². The van der Waals surface area contributed by atoms with Crippen LogP contribution in [0.15, 0.2) is 85.2 Å². The Bertz CT molecular complexity index is 1590. The minimum atomic E-state index is -1.18. The summed E-state index contributed by atoms with van der Waals surface area (Å²) in [5, 5.41) is 14.5. The quantitative estimate of drug-likeness (QED) is 0.118. The van der Waals surface area contributed by atoms with Crippen molar-refractivity contribution in [3.63, 3.8) is 0 Å². The third kappa shape index (κ3) is 10.4. The Kier molecular flexibility index (Phi) is 12.9. The molecule has 0 aliphatic heterocycles. The molecule has 0 spiro atoms. The smallest absolute Gasteiger partial charge is 0.325 e. The van der Waals surface area contributed by atoms with E-state index in [0.717, 1.165) is 41.0 Å². The minimum absolute atomic E-state index is 0.138. The molecule has 10 nitrogen and oxygen atoms in total. The highest BCUT2D eigenvalue weighted by molar-refractivity contribution is 5.98. The molecule has 0 saturated carbocycles. The van der Waals surface area contributed by atoms with E-state index in [9.17, 15) is 19.5 Å². The number of hydrogen-bond acceptors (Lipinski definition) is 7. The molecule has 0 aliphatic carbocycles. The van der Waals surface area contributed by atoms with E-state index >= 15 is 0 Å². The molecule has 3 N–H and O–H groups in total. The number of carboxylic acid groups (broad SMARTS) is 1. The molecule has 2 amide bonds. The van der Waals surface area contributed by atoms with Crippen LogP contribution in [0.4, 0.5) is 0 Å². The fourth-order valence-corrected chi connectivity index (χ4v) is 4.86. The molecule has 0 unspecified atom stereocenters. The van der Waals surface area contributed by atoms with Crippen molar-refractivity contribution in [3.05, 3.63) is 96.3 Å². The third-order valence-corrected chi connectivity index (χ3v) is 7.71. The van der Waals surface area contributed by atoms with E-state index in [1.165, 1.54) is 39.7 Å². The van der Waals surface area contributed by atoms with Crippen LogP contribution in [0, 0.1) is 0 Å². The summed E-state index contributed by atoms with van der Waals surface area (Å²) in [5.74, 6) is -0.275. The second-order valence-electron chi connectivity index (χ2n) is 11.3. The minimum Gasteiger partial charge on any atom is -0.497 e. The van der Waals surface area contributed by atoms with Gasteiger partial charge in [-0.2, -0.15) is 0 Å². The van der Waals surface area contributed by atoms with Crippen molar-refractivity contribution in [1.82, 2.24) is 20.6 Å². The number of rotatable bonds is 17. The van der Waals surface area contributed by atoms with Crippen molar-refractivity contribution in [2.45, 2.75) is 64.5 Å². The van der Waals surface area contributed by atoms with Crippen LogP contribution in [0.2, 0.25) is 0 Å². The van der Waals surface area contributed by atoms with Crippen LogP contribution < -0.4 is 20.1 Å². The number of nitrogens with zero attached hydrogens (tertiary/aromatic N) is 2. The van der Waals surface area contributed by atoms with Gasteiger partial charge in [0.15, 0.2) is 5.82 Å². The van der Waals surface area contributed by atoms with Gasteiger partial charge in [0, 0.05) is 35.5 Å². The lowest BCUT2D eigenvalue weighted by molar-refractivity contribution is -0.141. The molecule has 246 valence electrons. The Morgan fingerprint density at radius 1 is 0.766 bits per heavy atom. The van der Waals surface area contributed by atoms with E-state index in [0.29, 0.717) is 17.1 Å². The highest BCUT2D eigenvalue weighted by Crippen LogP contribution is 2.24. The summed E-state index contributed by atoms with van der Waals surface area (Å²) >= 11 is 0. The first-order chi connectivity index (χ1) is 22.8. The van der Waals surface area contributed by atoms with E-state index in [1.807, 2.05) is 48.5 Å². The van der Waals surface area contributed by atoms with Gasteiger partial charge in [0.2, 0.25) is 5.91 Å². The second-order valence-corrected chi connectivity index (χ2v) is 11.3. The summed E-state index contributed by atoms with van der Waals surface area (Å²) in [6.07, 6.45) is 9.68. The molecule has 4 aromatic rings. The average Bonchev–Trinajstić information content (AvgIpc) is 3.10. The molecule has 0 aliphatic rings. The zero-order chi connectivity index (χ0) is 33.6. The maximum Gasteiger partial charge on any atom is 0.325 e. The second kappa shape index (κ2) is 17.4. The summed E-state index contributed by atoms with van der Waals surface area (Å²) in [5.41, 5.74) is 3.75. The lowest BCUT2D eigenvalue weighted by atomic mass is 10.0. The summed E-state index contributed by atoms with van der Waals surface area (Å²) < 4.78 is 11.0. The molecule has 1 heterocycles. The molecule has 0 bridgehead atoms. The number of aromatic nitrogens is 2. The van der Waals surface area contributed by atoms with Crippen molar-refractivity contribution < 1.29 is 29.0 Å². The van der Waals surface area contributed by atoms with Gasteiger partial charge in [-0.15, -0.1) is 0 Å². The topological polar surface area (TPSA) is 140 Å². The number of carbonyl (C=O) groups excluding carboxylic acids is 2. The van der Waals surface area contributed by atoms with Gasteiger partial charge in [-0.1, -0.05) is 69.0 Å². The first-order valence-corrected chi connectivity index (χ1v) is 15.9. The van der Waals surface area contributed by atoms with Crippen LogP contribution in [0.1, 0.15) is 61.9 Å². The van der Waals surface area contributed by atoms with Crippen LogP contribution in [0.3, 0.4) is 0 Å². The number of nitrogens with one attached hydrogen (secondary N) is 2. The van der Waals surface area contributed by atoms with Crippen LogP contribution in [-0.4, -0.2) is 58.7 Å². The SMILES string of the molecule is CCCCCCCOc1ccc(-c2cnc(-c3ccc(C[C@H](NC(=O)c4ccc(OC)cc4)C(=O)N[C@H](C)C(=O)O)cc3)nc2)cc1. The number of hydrogen-bond donors (Lipinski definition) is 3. The monoisotopic (exact) mass is 638 g/mol. The number of carboxylic acids is 1. The fourth-order valence-electron chi connectivity index (χ4n) is 4.86. The van der Waals surface area contributed by atoms with Crippen molar-refractivity contribution in [1.29, 1.82) is 0 Å². The van der Waals surface area contributed by atoms with E-state index in [1.54, 1.807) is 36.7 Å². The molecule has 0 saturated heterocycles. The fraction of sp³-hybridized carbons (Fsp3) is 0.324. The van der Waals surface area contributed by atoms with Crippen molar-refractivity contribution in [2.75, 3.05) is 13.7 Å². The first-order valence-electron chi connectivity index (χ1n) is 15.9. The Hall–Kier alpha value is -5.25. The third-order valence-electron chi connectivity index (χ3n) is 7.71. The maximum absolute atomic E-state index is 13.0. The largest absolute Gasteiger partial charge is 0.497 e. The van der Waals surface area contributed by atoms with Crippen LogP contribution in [0.25, 0.3) is 22.5 Å². The molecule has 0 fully saturated rings. The van der Waals surface area contributed by atoms with Gasteiger partial charge in [-0.25, -0.2) is 9.97 Å². The van der Waals surface area contributed by atoms with E-state index in [2.05, 4.69) is 27.5 Å². The van der Waals surface area contributed by atoms with Crippen molar-refractivity contribution in [3.8, 4) is 34.0 Å². The summed E-state index contributed by atoms with van der Waals surface area (Å²) in [6, 6.07) is 19.6. The summed E-state index contributed by atoms with van der Waals surface area (Å²) in [4.78, 5) is 46.5. The molecule has 10 heteroatoms. The summed E-state index contributed by atoms with van der Waals surface area (Å²) in [7, 11) is 1.53. The first kappa shape index (κ1) is 34.6. The number of unbranched alkanes of at least 4 members (excludes halogenated alkanes) is 4. The van der Waals surface area contributed by atoms with Gasteiger partial charge in [0.05, 0.1) is 13.7 Å². The van der Waals surface area contributed by atoms with Crippen LogP contribution in [0.5, 0.6) is 11.5 Å². The van der Waals surface area contributed by atoms with Gasteiger partial charge < -0.3 is 25.2 Å². The van der Waals surface area contributed by atoms with Gasteiger partial charge in [-0.3, -0.25) is 14.4 Å². The van der Waals surface area contributed by atoms with Gasteiger partial charge >= 0.3 is 5.97 Å². The zero-order valence-corrected chi connectivity index (χ0v) is 27.1. The van der Waals surface area contributed by atoms with E-state index in [4.69, 9.17) is 9.47 Å². The highest BCUT2D eigenvalue weighted by Gasteiger charge is 2.25. The summed E-state index contributed by atoms with van der Waals surface area (Å²) in [6.45, 7) is 4.29. The standard InChI is InChI=1S/C37H42N4O6/c1-4-5-6-7-8-21-47-32-19-13-27(14-20-32)30-23-38-34(39-24-30)28-11-9-26(10-12-28)22-33(36(43)40-25(2)37(44)45)41-35(42)29-15-17-31(46-3)18-16-29/h9-20,23-25,33H,4-8,21-22H2,1-3H3,(H,40,43)(H,41,42)(H,44,45)/t25-,33+/m1/s1. The predicted octanol–water partition coefficient (Wildman–Crippen LogP) is 6.10. The van der Waals surface area contributed by atoms with E-state index in [-0.39, 0.29) is 6.42 Å². The number of amides is 2. The predicted molar refractivity (Wildman–Crippen MR) is 180 cm³/mol. The number of benzene rings is 3. The normalized spacial score (nSPS) is 12.1. The lowest BCUT2D eigenvalue weighted by Crippen LogP contribution is -2.51. The molecular weight excluding hydrogens is 596 g/mol. The van der Waals surface area contributed by atoms with Gasteiger partial charge in [-0.05, 0) is 60.9 Å². The number of ether oxygens (including phenoxy) is 2. The van der Waals surface area contributed by atoms with Crippen LogP contribution in [-0.2, 0) is 16.0 Å². The Balaban J connectivity index is 1.39. The number of methoxy groups -OCH3 is 1. The Morgan fingerprint density at radius 2 is 1.38 bits per heavy atom. The Morgan fingerprint density at radius 3 is 2.00 bits per heavy atom. The number of aliphatic carboxylic acids is 1. The zero-order valence-electron chi connectivity index (χ0n) is 27.1. The molecule has 0 radical (unpaired) electrons. The van der Waals surface area contributed by atoms with Crippen LogP contribution >= 0.6 is 0 Å². The van der Waals surface area contributed by atoms with Crippen molar-refractivity contribution in [2.24, 2.45) is 0 Å². The average molecular weight is 639 g/mol. The maximum atomic E-state index is 13.0. The molecule has 2 atom stereocenters. The lowest BCUT2D eigenvalue weighted by Gasteiger charge is -2.20.